The van der Waals surface area contributed by atoms with Crippen LogP contribution in [0.25, 0.3) is 0 Å². The van der Waals surface area contributed by atoms with E-state index < -0.39 is 12.4 Å². The van der Waals surface area contributed by atoms with Crippen molar-refractivity contribution < 1.29 is 19.4 Å². The van der Waals surface area contributed by atoms with Gasteiger partial charge in [0.1, 0.15) is 0 Å². The predicted octanol–water partition coefficient (Wildman–Crippen LogP) is -0.0829. The molecule has 0 aliphatic carbocycles. The summed E-state index contributed by atoms with van der Waals surface area (Å²) < 4.78 is 4.27. The first-order valence-corrected chi connectivity index (χ1v) is 2.87. The Bertz CT molecular complexity index is 167. The summed E-state index contributed by atoms with van der Waals surface area (Å²) in [4.78, 5) is 20.3. The fourth-order valence-corrected chi connectivity index (χ4v) is 0.796. The van der Waals surface area contributed by atoms with E-state index in [1.807, 2.05) is 0 Å². The molecule has 5 nitrogen and oxygen atoms in total. The number of carbonyl (C=O) groups is 2. The second-order valence-electron chi connectivity index (χ2n) is 1.98. The Kier molecular flexibility index (Phi) is 1.75. The van der Waals surface area contributed by atoms with Crippen LogP contribution in [0, 0.1) is 0 Å². The SMILES string of the molecule is O=C1CC[C@@H](OC(=O)O)N1. The van der Waals surface area contributed by atoms with Crippen molar-refractivity contribution in [3.05, 3.63) is 0 Å². The van der Waals surface area contributed by atoms with Crippen LogP contribution in [-0.4, -0.2) is 23.4 Å². The Labute approximate surface area is 57.0 Å². The summed E-state index contributed by atoms with van der Waals surface area (Å²) in [5.41, 5.74) is 0. The zero-order valence-corrected chi connectivity index (χ0v) is 5.16. The van der Waals surface area contributed by atoms with Crippen LogP contribution in [-0.2, 0) is 9.53 Å². The Morgan fingerprint density at radius 3 is 2.90 bits per heavy atom. The summed E-state index contributed by atoms with van der Waals surface area (Å²) in [6.45, 7) is 0. The van der Waals surface area contributed by atoms with Crippen molar-refractivity contribution in [1.29, 1.82) is 0 Å². The molecule has 0 aromatic heterocycles. The summed E-state index contributed by atoms with van der Waals surface area (Å²) in [7, 11) is 0. The molecule has 1 aliphatic heterocycles. The molecule has 0 bridgehead atoms. The maximum absolute atomic E-state index is 10.5. The van der Waals surface area contributed by atoms with Crippen LogP contribution in [0.5, 0.6) is 0 Å². The predicted molar refractivity (Wildman–Crippen MR) is 30.3 cm³/mol. The van der Waals surface area contributed by atoms with Crippen LogP contribution in [0.3, 0.4) is 0 Å². The first-order valence-electron chi connectivity index (χ1n) is 2.87. The van der Waals surface area contributed by atoms with E-state index in [-0.39, 0.29) is 5.91 Å². The van der Waals surface area contributed by atoms with Gasteiger partial charge in [-0.3, -0.25) is 4.79 Å². The zero-order valence-electron chi connectivity index (χ0n) is 5.16. The van der Waals surface area contributed by atoms with Gasteiger partial charge in [0, 0.05) is 12.8 Å². The molecule has 0 aromatic rings. The average Bonchev–Trinajstić information content (AvgIpc) is 2.13. The van der Waals surface area contributed by atoms with Crippen molar-refractivity contribution in [3.8, 4) is 0 Å². The van der Waals surface area contributed by atoms with Gasteiger partial charge >= 0.3 is 6.16 Å². The van der Waals surface area contributed by atoms with Crippen molar-refractivity contribution in [2.75, 3.05) is 0 Å². The number of hydrogen-bond acceptors (Lipinski definition) is 3. The molecule has 1 amide bonds. The number of carbonyl (C=O) groups excluding carboxylic acids is 1. The summed E-state index contributed by atoms with van der Waals surface area (Å²) in [5.74, 6) is -0.161. The highest BCUT2D eigenvalue weighted by Gasteiger charge is 2.23. The summed E-state index contributed by atoms with van der Waals surface area (Å²) in [6, 6.07) is 0. The van der Waals surface area contributed by atoms with E-state index in [9.17, 15) is 9.59 Å². The molecule has 0 aromatic carbocycles. The van der Waals surface area contributed by atoms with Gasteiger partial charge in [-0.1, -0.05) is 0 Å². The molecule has 0 saturated carbocycles. The lowest BCUT2D eigenvalue weighted by Gasteiger charge is -2.06. The molecule has 0 unspecified atom stereocenters. The zero-order chi connectivity index (χ0) is 7.56. The van der Waals surface area contributed by atoms with Crippen molar-refractivity contribution in [1.82, 2.24) is 5.32 Å². The summed E-state index contributed by atoms with van der Waals surface area (Å²) in [6.07, 6.45) is -1.21. The average molecular weight is 145 g/mol. The maximum atomic E-state index is 10.5. The van der Waals surface area contributed by atoms with Gasteiger partial charge in [0.05, 0.1) is 0 Å². The fraction of sp³-hybridized carbons (Fsp3) is 0.600. The largest absolute Gasteiger partial charge is 0.507 e. The van der Waals surface area contributed by atoms with Gasteiger partial charge < -0.3 is 15.2 Å². The van der Waals surface area contributed by atoms with Gasteiger partial charge in [-0.05, 0) is 0 Å². The number of ether oxygens (including phenoxy) is 1. The molecule has 56 valence electrons. The number of carboxylic acid groups (broad SMARTS) is 1. The van der Waals surface area contributed by atoms with Crippen molar-refractivity contribution in [3.63, 3.8) is 0 Å². The topological polar surface area (TPSA) is 75.6 Å². The molecule has 2 N–H and O–H groups in total. The van der Waals surface area contributed by atoms with Crippen molar-refractivity contribution >= 4 is 12.1 Å². The van der Waals surface area contributed by atoms with E-state index in [2.05, 4.69) is 10.1 Å². The second-order valence-corrected chi connectivity index (χ2v) is 1.98. The molecule has 0 spiro atoms. The minimum atomic E-state index is -1.35. The standard InChI is InChI=1S/C5H7NO4/c7-3-1-2-4(6-3)10-5(8)9/h4H,1-2H2,(H,6,7)(H,8,9)/t4-/m1/s1. The first kappa shape index (κ1) is 6.85. The fourth-order valence-electron chi connectivity index (χ4n) is 0.796. The van der Waals surface area contributed by atoms with Crippen LogP contribution in [0.1, 0.15) is 12.8 Å². The van der Waals surface area contributed by atoms with Gasteiger partial charge in [-0.25, -0.2) is 4.79 Å². The molecular formula is C5H7NO4. The van der Waals surface area contributed by atoms with E-state index in [4.69, 9.17) is 5.11 Å². The van der Waals surface area contributed by atoms with Gasteiger partial charge in [-0.15, -0.1) is 0 Å². The molecule has 5 heteroatoms. The monoisotopic (exact) mass is 145 g/mol. The number of nitrogens with one attached hydrogen (secondary N) is 1. The van der Waals surface area contributed by atoms with Crippen LogP contribution in [0.15, 0.2) is 0 Å². The van der Waals surface area contributed by atoms with Crippen molar-refractivity contribution in [2.24, 2.45) is 0 Å². The van der Waals surface area contributed by atoms with E-state index in [1.54, 1.807) is 0 Å². The van der Waals surface area contributed by atoms with E-state index in [0.717, 1.165) is 0 Å². The quantitative estimate of drug-likeness (QED) is 0.506. The number of rotatable bonds is 1. The van der Waals surface area contributed by atoms with Crippen LogP contribution in [0.2, 0.25) is 0 Å². The smallest absolute Gasteiger partial charge is 0.450 e. The lowest BCUT2D eigenvalue weighted by molar-refractivity contribution is -0.120. The van der Waals surface area contributed by atoms with Gasteiger partial charge in [-0.2, -0.15) is 0 Å². The van der Waals surface area contributed by atoms with Crippen LogP contribution < -0.4 is 5.32 Å². The Morgan fingerprint density at radius 2 is 2.50 bits per heavy atom. The molecule has 1 rings (SSSR count). The highest BCUT2D eigenvalue weighted by atomic mass is 16.7. The lowest BCUT2D eigenvalue weighted by atomic mass is 10.3. The summed E-state index contributed by atoms with van der Waals surface area (Å²) in [5, 5.41) is 10.4. The summed E-state index contributed by atoms with van der Waals surface area (Å²) >= 11 is 0. The van der Waals surface area contributed by atoms with Gasteiger partial charge in [0.2, 0.25) is 5.91 Å². The third-order valence-electron chi connectivity index (χ3n) is 1.20. The van der Waals surface area contributed by atoms with E-state index in [1.165, 1.54) is 0 Å². The van der Waals surface area contributed by atoms with E-state index in [0.29, 0.717) is 12.8 Å². The molecule has 1 fully saturated rings. The highest BCUT2D eigenvalue weighted by Crippen LogP contribution is 2.07. The number of amides is 1. The van der Waals surface area contributed by atoms with Gasteiger partial charge in [0.25, 0.3) is 0 Å². The third-order valence-corrected chi connectivity index (χ3v) is 1.20. The van der Waals surface area contributed by atoms with Crippen molar-refractivity contribution in [2.45, 2.75) is 19.1 Å². The molecule has 1 saturated heterocycles. The Hall–Kier alpha value is -1.26. The normalized spacial score (nSPS) is 24.0. The molecule has 1 aliphatic rings. The van der Waals surface area contributed by atoms with Crippen LogP contribution in [0.4, 0.5) is 4.79 Å². The van der Waals surface area contributed by atoms with E-state index >= 15 is 0 Å². The Morgan fingerprint density at radius 1 is 1.80 bits per heavy atom. The minimum Gasteiger partial charge on any atom is -0.450 e. The van der Waals surface area contributed by atoms with Crippen LogP contribution >= 0.6 is 0 Å². The third kappa shape index (κ3) is 1.61. The number of hydrogen-bond donors (Lipinski definition) is 2. The molecule has 1 atom stereocenters. The lowest BCUT2D eigenvalue weighted by Crippen LogP contribution is -2.29. The minimum absolute atomic E-state index is 0.161. The second kappa shape index (κ2) is 2.55. The molecule has 0 radical (unpaired) electrons. The molecular weight excluding hydrogens is 138 g/mol. The first-order chi connectivity index (χ1) is 4.68. The highest BCUT2D eigenvalue weighted by molar-refractivity contribution is 5.78. The van der Waals surface area contributed by atoms with Gasteiger partial charge in [0.15, 0.2) is 6.23 Å². The molecule has 10 heavy (non-hydrogen) atoms. The maximum Gasteiger partial charge on any atom is 0.507 e. The molecule has 1 heterocycles. The Balaban J connectivity index is 2.31.